The molecule has 4 aromatic heterocycles. The van der Waals surface area contributed by atoms with Crippen molar-refractivity contribution in [2.24, 2.45) is 0 Å². The monoisotopic (exact) mass is 771 g/mol. The zero-order valence-electron chi connectivity index (χ0n) is 31.8. The van der Waals surface area contributed by atoms with Gasteiger partial charge in [-0.1, -0.05) is 140 Å². The quantitative estimate of drug-likeness (QED) is 0.179. The first-order valence-electron chi connectivity index (χ1n) is 20.2. The molecule has 0 bridgehead atoms. The Bertz CT molecular complexity index is 3740. The highest BCUT2D eigenvalue weighted by Crippen LogP contribution is 2.46. The molecule has 0 atom stereocenters. The smallest absolute Gasteiger partial charge is 0.164 e. The lowest BCUT2D eigenvalue weighted by atomic mass is 9.97. The second-order valence-electron chi connectivity index (χ2n) is 15.6. The van der Waals surface area contributed by atoms with E-state index in [4.69, 9.17) is 14.4 Å². The van der Waals surface area contributed by atoms with Gasteiger partial charge >= 0.3 is 0 Å². The van der Waals surface area contributed by atoms with Gasteiger partial charge in [-0.25, -0.2) is 9.97 Å². The topological polar surface area (TPSA) is 43.9 Å². The summed E-state index contributed by atoms with van der Waals surface area (Å²) in [4.78, 5) is 10.8. The summed E-state index contributed by atoms with van der Waals surface area (Å²) in [7, 11) is 0. The molecule has 276 valence electrons. The van der Waals surface area contributed by atoms with Crippen LogP contribution in [0.25, 0.3) is 114 Å². The average Bonchev–Trinajstić information content (AvgIpc) is 3.98. The van der Waals surface area contributed by atoms with Gasteiger partial charge in [-0.3, -0.25) is 0 Å². The molecular formula is C54H33N3OS. The van der Waals surface area contributed by atoms with Crippen molar-refractivity contribution in [3.8, 4) is 33.8 Å². The van der Waals surface area contributed by atoms with E-state index in [1.807, 2.05) is 0 Å². The lowest BCUT2D eigenvalue weighted by Crippen LogP contribution is -2.05. The van der Waals surface area contributed by atoms with E-state index in [1.165, 1.54) is 59.2 Å². The fourth-order valence-corrected chi connectivity index (χ4v) is 10.7. The maximum atomic E-state index is 7.03. The van der Waals surface area contributed by atoms with Crippen molar-refractivity contribution in [2.45, 2.75) is 12.8 Å². The summed E-state index contributed by atoms with van der Waals surface area (Å²) in [5.41, 5.74) is 11.8. The number of hydrogen-bond acceptors (Lipinski definition) is 4. The number of hydrogen-bond donors (Lipinski definition) is 0. The van der Waals surface area contributed by atoms with Crippen LogP contribution in [0.2, 0.25) is 0 Å². The van der Waals surface area contributed by atoms with Gasteiger partial charge in [0.15, 0.2) is 5.82 Å². The Morgan fingerprint density at radius 2 is 1.29 bits per heavy atom. The Hall–Kier alpha value is -7.34. The summed E-state index contributed by atoms with van der Waals surface area (Å²) in [6.45, 7) is 0. The number of rotatable bonds is 4. The Labute approximate surface area is 342 Å². The van der Waals surface area contributed by atoms with Crippen LogP contribution in [-0.2, 0) is 6.42 Å². The van der Waals surface area contributed by atoms with Crippen molar-refractivity contribution in [1.82, 2.24) is 14.5 Å². The van der Waals surface area contributed by atoms with Crippen LogP contribution in [0.1, 0.15) is 17.7 Å². The lowest BCUT2D eigenvalue weighted by Gasteiger charge is -2.17. The summed E-state index contributed by atoms with van der Waals surface area (Å²) in [6.07, 6.45) is 4.10. The molecule has 0 amide bonds. The third-order valence-electron chi connectivity index (χ3n) is 12.2. The Balaban J connectivity index is 1.04. The molecule has 59 heavy (non-hydrogen) atoms. The predicted octanol–water partition coefficient (Wildman–Crippen LogP) is 14.8. The van der Waals surface area contributed by atoms with Crippen LogP contribution in [0.5, 0.6) is 0 Å². The first kappa shape index (κ1) is 32.7. The van der Waals surface area contributed by atoms with Crippen LogP contribution in [0.15, 0.2) is 180 Å². The van der Waals surface area contributed by atoms with E-state index in [0.717, 1.165) is 73.3 Å². The van der Waals surface area contributed by atoms with Crippen LogP contribution in [0.4, 0.5) is 0 Å². The fraction of sp³-hybridized carbons (Fsp3) is 0.0370. The highest BCUT2D eigenvalue weighted by molar-refractivity contribution is 7.26. The fourth-order valence-electron chi connectivity index (χ4n) is 9.55. The molecule has 13 rings (SSSR count). The SMILES string of the molecule is C1=C(n2c3ccc(-c4ccccc4)cc3c3c4ccccc4ccc32)c2c(oc3c(-c4nc(-c5ccc6ccccc6c5)c5sc6ccccc6c5n4)cccc23)CC1. The number of nitrogens with zero attached hydrogens (tertiary/aromatic N) is 3. The van der Waals surface area contributed by atoms with E-state index in [9.17, 15) is 0 Å². The summed E-state index contributed by atoms with van der Waals surface area (Å²) in [5.74, 6) is 1.67. The molecule has 4 heterocycles. The van der Waals surface area contributed by atoms with Gasteiger partial charge in [-0.05, 0) is 75.5 Å². The van der Waals surface area contributed by atoms with Crippen molar-refractivity contribution in [3.63, 3.8) is 0 Å². The van der Waals surface area contributed by atoms with Crippen molar-refractivity contribution < 1.29 is 4.42 Å². The second-order valence-corrected chi connectivity index (χ2v) is 16.6. The van der Waals surface area contributed by atoms with E-state index >= 15 is 0 Å². The standard InChI is InChI=1S/C54H33N3OS/c1-2-12-32(13-3-1)36-27-28-43-42(31-36)48-38-17-7-6-15-34(38)26-29-45(48)57(43)44-21-11-22-46-49(44)40-19-10-20-41(52(40)58-46)54-55-50(37-25-24-33-14-4-5-16-35(33)30-37)53-51(56-54)39-18-8-9-23-47(39)59-53/h1-10,12-21,23-31H,11,22H2. The third kappa shape index (κ3) is 4.89. The van der Waals surface area contributed by atoms with Gasteiger partial charge in [0.25, 0.3) is 0 Å². The van der Waals surface area contributed by atoms with Gasteiger partial charge < -0.3 is 8.98 Å². The van der Waals surface area contributed by atoms with Gasteiger partial charge in [-0.15, -0.1) is 11.3 Å². The van der Waals surface area contributed by atoms with E-state index < -0.39 is 0 Å². The molecule has 0 fully saturated rings. The number of allylic oxidation sites excluding steroid dienone is 1. The molecule has 0 saturated carbocycles. The number of fused-ring (bicyclic) bond motifs is 12. The van der Waals surface area contributed by atoms with Gasteiger partial charge in [0.1, 0.15) is 11.3 Å². The first-order chi connectivity index (χ1) is 29.2. The highest BCUT2D eigenvalue weighted by atomic mass is 32.1. The molecule has 0 saturated heterocycles. The minimum Gasteiger partial charge on any atom is -0.460 e. The van der Waals surface area contributed by atoms with Gasteiger partial charge in [0.2, 0.25) is 0 Å². The molecule has 1 aliphatic carbocycles. The summed E-state index contributed by atoms with van der Waals surface area (Å²) < 4.78 is 11.8. The summed E-state index contributed by atoms with van der Waals surface area (Å²) in [6, 6.07) is 61.1. The molecule has 12 aromatic rings. The molecule has 4 nitrogen and oxygen atoms in total. The van der Waals surface area contributed by atoms with Crippen LogP contribution in [-0.4, -0.2) is 14.5 Å². The first-order valence-corrected chi connectivity index (χ1v) is 21.0. The number of para-hydroxylation sites is 1. The molecule has 0 spiro atoms. The average molecular weight is 772 g/mol. The van der Waals surface area contributed by atoms with Crippen molar-refractivity contribution in [2.75, 3.05) is 0 Å². The molecule has 0 N–H and O–H groups in total. The van der Waals surface area contributed by atoms with Gasteiger partial charge in [0.05, 0.1) is 38.2 Å². The number of aryl methyl sites for hydroxylation is 1. The van der Waals surface area contributed by atoms with Crippen molar-refractivity contribution in [1.29, 1.82) is 0 Å². The Morgan fingerprint density at radius 1 is 0.542 bits per heavy atom. The van der Waals surface area contributed by atoms with E-state index in [1.54, 1.807) is 11.3 Å². The van der Waals surface area contributed by atoms with Crippen LogP contribution < -0.4 is 0 Å². The number of furan rings is 1. The maximum absolute atomic E-state index is 7.03. The molecule has 0 unspecified atom stereocenters. The van der Waals surface area contributed by atoms with Crippen LogP contribution >= 0.6 is 11.3 Å². The normalized spacial score (nSPS) is 13.1. The molecule has 5 heteroatoms. The molecule has 1 aliphatic rings. The van der Waals surface area contributed by atoms with Crippen LogP contribution in [0, 0.1) is 0 Å². The number of benzene rings is 8. The van der Waals surface area contributed by atoms with Gasteiger partial charge in [-0.2, -0.15) is 0 Å². The summed E-state index contributed by atoms with van der Waals surface area (Å²) in [5, 5.41) is 9.61. The highest BCUT2D eigenvalue weighted by Gasteiger charge is 2.28. The Morgan fingerprint density at radius 3 is 2.20 bits per heavy atom. The minimum atomic E-state index is 0.670. The summed E-state index contributed by atoms with van der Waals surface area (Å²) >= 11 is 1.76. The van der Waals surface area contributed by atoms with E-state index in [-0.39, 0.29) is 0 Å². The van der Waals surface area contributed by atoms with Crippen molar-refractivity contribution in [3.05, 3.63) is 187 Å². The third-order valence-corrected chi connectivity index (χ3v) is 13.4. The maximum Gasteiger partial charge on any atom is 0.164 e. The predicted molar refractivity (Wildman–Crippen MR) is 247 cm³/mol. The second kappa shape index (κ2) is 12.6. The van der Waals surface area contributed by atoms with Crippen LogP contribution in [0.3, 0.4) is 0 Å². The number of thiophene rings is 1. The number of aromatic nitrogens is 3. The Kier molecular flexibility index (Phi) is 6.97. The van der Waals surface area contributed by atoms with Gasteiger partial charge in [0, 0.05) is 43.8 Å². The molecule has 0 aliphatic heterocycles. The largest absolute Gasteiger partial charge is 0.460 e. The molecule has 8 aromatic carbocycles. The van der Waals surface area contributed by atoms with Crippen molar-refractivity contribution >= 4 is 91.7 Å². The van der Waals surface area contributed by atoms with E-state index in [2.05, 4.69) is 181 Å². The molecular weight excluding hydrogens is 739 g/mol. The zero-order valence-corrected chi connectivity index (χ0v) is 32.6. The zero-order chi connectivity index (χ0) is 38.6. The lowest BCUT2D eigenvalue weighted by molar-refractivity contribution is 0.545. The molecule has 0 radical (unpaired) electrons. The van der Waals surface area contributed by atoms with E-state index in [0.29, 0.717) is 5.82 Å². The minimum absolute atomic E-state index is 0.670.